The van der Waals surface area contributed by atoms with Gasteiger partial charge in [0.2, 0.25) is 12.3 Å². The lowest BCUT2D eigenvalue weighted by molar-refractivity contribution is 0.0957. The summed E-state index contributed by atoms with van der Waals surface area (Å²) in [5.74, 6) is 0.305. The van der Waals surface area contributed by atoms with Crippen LogP contribution in [0.4, 0.5) is 0 Å². The monoisotopic (exact) mass is 243 g/mol. The van der Waals surface area contributed by atoms with Crippen molar-refractivity contribution in [2.24, 2.45) is 0 Å². The predicted molar refractivity (Wildman–Crippen MR) is 66.9 cm³/mol. The first-order valence-corrected chi connectivity index (χ1v) is 5.46. The molecular weight excluding hydrogens is 230 g/mol. The van der Waals surface area contributed by atoms with E-state index in [0.29, 0.717) is 18.0 Å². The van der Waals surface area contributed by atoms with Crippen molar-refractivity contribution in [1.82, 2.24) is 15.5 Å². The molecule has 0 fully saturated rings. The third-order valence-corrected chi connectivity index (χ3v) is 2.30. The van der Waals surface area contributed by atoms with E-state index in [1.165, 1.54) is 6.39 Å². The Morgan fingerprint density at radius 2 is 2.11 bits per heavy atom. The second kappa shape index (κ2) is 5.27. The molecule has 0 aliphatic carbocycles. The summed E-state index contributed by atoms with van der Waals surface area (Å²) in [4.78, 5) is 11.7. The molecule has 0 spiro atoms. The molecule has 1 heterocycles. The summed E-state index contributed by atoms with van der Waals surface area (Å²) in [7, 11) is 0. The van der Waals surface area contributed by atoms with Crippen LogP contribution in [0.2, 0.25) is 0 Å². The summed E-state index contributed by atoms with van der Waals surface area (Å²) in [6.45, 7) is 6.06. The van der Waals surface area contributed by atoms with Crippen molar-refractivity contribution in [2.75, 3.05) is 6.54 Å². The maximum Gasteiger partial charge on any atom is 0.251 e. The fourth-order valence-corrected chi connectivity index (χ4v) is 1.40. The van der Waals surface area contributed by atoms with Crippen molar-refractivity contribution in [3.63, 3.8) is 0 Å². The van der Waals surface area contributed by atoms with Crippen LogP contribution in [0.1, 0.15) is 17.3 Å². The van der Waals surface area contributed by atoms with Crippen LogP contribution in [0.15, 0.2) is 47.2 Å². The lowest BCUT2D eigenvalue weighted by Gasteiger charge is -2.04. The third-order valence-electron chi connectivity index (χ3n) is 2.30. The number of amides is 1. The first kappa shape index (κ1) is 12.0. The average Bonchev–Trinajstić information content (AvgIpc) is 2.90. The molecule has 0 aliphatic heterocycles. The van der Waals surface area contributed by atoms with Gasteiger partial charge in [-0.3, -0.25) is 4.79 Å². The van der Waals surface area contributed by atoms with Crippen molar-refractivity contribution in [3.8, 4) is 11.5 Å². The maximum absolute atomic E-state index is 11.7. The number of nitrogens with zero attached hydrogens (tertiary/aromatic N) is 2. The lowest BCUT2D eigenvalue weighted by Crippen LogP contribution is -2.24. The fourth-order valence-electron chi connectivity index (χ4n) is 1.40. The predicted octanol–water partition coefficient (Wildman–Crippen LogP) is 2.04. The molecular formula is C13H13N3O2. The standard InChI is InChI=1S/C13H13N3O2/c1-9(2)7-14-12(17)10-3-5-11(6-4-10)13-16-15-8-18-13/h3-6,8H,1,7H2,2H3,(H,14,17). The Morgan fingerprint density at radius 3 is 2.67 bits per heavy atom. The smallest absolute Gasteiger partial charge is 0.251 e. The Labute approximate surface area is 105 Å². The number of benzene rings is 1. The number of nitrogens with one attached hydrogen (secondary N) is 1. The largest absolute Gasteiger partial charge is 0.423 e. The summed E-state index contributed by atoms with van der Waals surface area (Å²) in [5, 5.41) is 10.2. The SMILES string of the molecule is C=C(C)CNC(=O)c1ccc(-c2nnco2)cc1. The second-order valence-corrected chi connectivity index (χ2v) is 3.96. The van der Waals surface area contributed by atoms with Crippen LogP contribution in [0.25, 0.3) is 11.5 Å². The molecule has 0 unspecified atom stereocenters. The van der Waals surface area contributed by atoms with E-state index in [1.807, 2.05) is 6.92 Å². The Bertz CT molecular complexity index is 544. The van der Waals surface area contributed by atoms with E-state index in [-0.39, 0.29) is 5.91 Å². The molecule has 0 radical (unpaired) electrons. The van der Waals surface area contributed by atoms with Crippen LogP contribution in [-0.4, -0.2) is 22.6 Å². The Morgan fingerprint density at radius 1 is 1.39 bits per heavy atom. The molecule has 1 aromatic carbocycles. The van der Waals surface area contributed by atoms with Gasteiger partial charge in [-0.15, -0.1) is 10.2 Å². The highest BCUT2D eigenvalue weighted by molar-refractivity contribution is 5.94. The summed E-state index contributed by atoms with van der Waals surface area (Å²) < 4.78 is 5.06. The minimum atomic E-state index is -0.130. The zero-order valence-corrected chi connectivity index (χ0v) is 10.0. The van der Waals surface area contributed by atoms with E-state index >= 15 is 0 Å². The summed E-state index contributed by atoms with van der Waals surface area (Å²) >= 11 is 0. The van der Waals surface area contributed by atoms with Gasteiger partial charge in [-0.05, 0) is 31.2 Å². The van der Waals surface area contributed by atoms with Crippen LogP contribution in [-0.2, 0) is 0 Å². The number of rotatable bonds is 4. The first-order chi connectivity index (χ1) is 8.66. The van der Waals surface area contributed by atoms with Crippen LogP contribution in [0, 0.1) is 0 Å². The second-order valence-electron chi connectivity index (χ2n) is 3.96. The topological polar surface area (TPSA) is 68.0 Å². The normalized spacial score (nSPS) is 10.1. The highest BCUT2D eigenvalue weighted by Crippen LogP contribution is 2.16. The van der Waals surface area contributed by atoms with E-state index < -0.39 is 0 Å². The highest BCUT2D eigenvalue weighted by Gasteiger charge is 2.07. The van der Waals surface area contributed by atoms with Gasteiger partial charge in [0, 0.05) is 17.7 Å². The number of aromatic nitrogens is 2. The van der Waals surface area contributed by atoms with Gasteiger partial charge in [0.05, 0.1) is 0 Å². The van der Waals surface area contributed by atoms with Gasteiger partial charge in [0.1, 0.15) is 0 Å². The van der Waals surface area contributed by atoms with Crippen molar-refractivity contribution in [2.45, 2.75) is 6.92 Å². The summed E-state index contributed by atoms with van der Waals surface area (Å²) in [6.07, 6.45) is 1.27. The average molecular weight is 243 g/mol. The van der Waals surface area contributed by atoms with Crippen LogP contribution in [0.5, 0.6) is 0 Å². The molecule has 0 bridgehead atoms. The van der Waals surface area contributed by atoms with Gasteiger partial charge in [-0.2, -0.15) is 0 Å². The molecule has 1 aromatic heterocycles. The van der Waals surface area contributed by atoms with E-state index in [9.17, 15) is 4.79 Å². The van der Waals surface area contributed by atoms with Gasteiger partial charge in [-0.25, -0.2) is 0 Å². The van der Waals surface area contributed by atoms with Gasteiger partial charge >= 0.3 is 0 Å². The Balaban J connectivity index is 2.08. The summed E-state index contributed by atoms with van der Waals surface area (Å²) in [6, 6.07) is 6.97. The van der Waals surface area contributed by atoms with Crippen molar-refractivity contribution >= 4 is 5.91 Å². The van der Waals surface area contributed by atoms with Gasteiger partial charge in [0.25, 0.3) is 5.91 Å². The zero-order chi connectivity index (χ0) is 13.0. The molecule has 1 N–H and O–H groups in total. The maximum atomic E-state index is 11.7. The lowest BCUT2D eigenvalue weighted by atomic mass is 10.1. The van der Waals surface area contributed by atoms with Crippen molar-refractivity contribution in [1.29, 1.82) is 0 Å². The molecule has 18 heavy (non-hydrogen) atoms. The Hall–Kier alpha value is -2.43. The van der Waals surface area contributed by atoms with Gasteiger partial charge in [-0.1, -0.05) is 12.2 Å². The molecule has 5 nitrogen and oxygen atoms in total. The quantitative estimate of drug-likeness (QED) is 0.834. The van der Waals surface area contributed by atoms with Crippen LogP contribution in [0.3, 0.4) is 0 Å². The number of hydrogen-bond donors (Lipinski definition) is 1. The highest BCUT2D eigenvalue weighted by atomic mass is 16.4. The van der Waals surface area contributed by atoms with Gasteiger partial charge in [0.15, 0.2) is 0 Å². The van der Waals surface area contributed by atoms with Crippen molar-refractivity contribution in [3.05, 3.63) is 48.4 Å². The number of hydrogen-bond acceptors (Lipinski definition) is 4. The molecule has 92 valence electrons. The minimum absolute atomic E-state index is 0.130. The van der Waals surface area contributed by atoms with E-state index in [4.69, 9.17) is 4.42 Å². The van der Waals surface area contributed by atoms with Crippen LogP contribution < -0.4 is 5.32 Å². The van der Waals surface area contributed by atoms with E-state index in [0.717, 1.165) is 11.1 Å². The minimum Gasteiger partial charge on any atom is -0.423 e. The van der Waals surface area contributed by atoms with E-state index in [1.54, 1.807) is 24.3 Å². The van der Waals surface area contributed by atoms with Crippen molar-refractivity contribution < 1.29 is 9.21 Å². The van der Waals surface area contributed by atoms with Crippen LogP contribution >= 0.6 is 0 Å². The fraction of sp³-hybridized carbons (Fsp3) is 0.154. The molecule has 0 saturated carbocycles. The third kappa shape index (κ3) is 2.82. The zero-order valence-electron chi connectivity index (χ0n) is 10.0. The molecule has 5 heteroatoms. The molecule has 1 amide bonds. The summed E-state index contributed by atoms with van der Waals surface area (Å²) in [5.41, 5.74) is 2.27. The van der Waals surface area contributed by atoms with E-state index in [2.05, 4.69) is 22.1 Å². The molecule has 2 aromatic rings. The molecule has 0 atom stereocenters. The molecule has 0 aliphatic rings. The first-order valence-electron chi connectivity index (χ1n) is 5.46. The number of carbonyl (C=O) groups excluding carboxylic acids is 1. The Kier molecular flexibility index (Phi) is 3.52. The molecule has 0 saturated heterocycles. The molecule has 2 rings (SSSR count). The van der Waals surface area contributed by atoms with Gasteiger partial charge < -0.3 is 9.73 Å². The number of carbonyl (C=O) groups is 1.